The van der Waals surface area contributed by atoms with Crippen LogP contribution in [0.4, 0.5) is 14.0 Å². The molecule has 1 rings (SSSR count). The summed E-state index contributed by atoms with van der Waals surface area (Å²) in [6, 6.07) is 4.81. The molecule has 1 aromatic rings. The smallest absolute Gasteiger partial charge is 0.437 e. The maximum Gasteiger partial charge on any atom is 0.437 e. The third-order valence-electron chi connectivity index (χ3n) is 3.35. The molecule has 0 bridgehead atoms. The van der Waals surface area contributed by atoms with Crippen molar-refractivity contribution >= 4 is 34.1 Å². The Morgan fingerprint density at radius 3 is 2.31 bits per heavy atom. The predicted molar refractivity (Wildman–Crippen MR) is 122 cm³/mol. The molecule has 1 aromatic carbocycles. The minimum atomic E-state index is -1.04. The van der Waals surface area contributed by atoms with E-state index in [0.717, 1.165) is 0 Å². The second-order valence-electron chi connectivity index (χ2n) is 8.69. The maximum absolute atomic E-state index is 12.3. The van der Waals surface area contributed by atoms with Crippen LogP contribution in [-0.4, -0.2) is 54.3 Å². The van der Waals surface area contributed by atoms with Gasteiger partial charge in [0.1, 0.15) is 30.2 Å². The molecule has 0 radical (unpaired) electrons. The van der Waals surface area contributed by atoms with Crippen molar-refractivity contribution in [2.24, 2.45) is 4.99 Å². The van der Waals surface area contributed by atoms with Crippen molar-refractivity contribution in [3.05, 3.63) is 28.2 Å². The molecule has 32 heavy (non-hydrogen) atoms. The fourth-order valence-corrected chi connectivity index (χ4v) is 2.70. The highest BCUT2D eigenvalue weighted by Gasteiger charge is 2.21. The molecule has 0 heterocycles. The van der Waals surface area contributed by atoms with Gasteiger partial charge in [0.05, 0.1) is 10.6 Å². The van der Waals surface area contributed by atoms with Gasteiger partial charge in [0, 0.05) is 6.54 Å². The number of ether oxygens (including phenoxy) is 3. The molecule has 0 aromatic heterocycles. The molecule has 2 amide bonds. The van der Waals surface area contributed by atoms with E-state index in [1.165, 1.54) is 0 Å². The average Bonchev–Trinajstić information content (AvgIpc) is 2.61. The summed E-state index contributed by atoms with van der Waals surface area (Å²) < 4.78 is 28.4. The Labute approximate surface area is 195 Å². The zero-order valence-electron chi connectivity index (χ0n) is 19.1. The van der Waals surface area contributed by atoms with Crippen molar-refractivity contribution in [3.63, 3.8) is 0 Å². The zero-order valence-corrected chi connectivity index (χ0v) is 20.7. The highest BCUT2D eigenvalue weighted by molar-refractivity contribution is 9.10. The third-order valence-corrected chi connectivity index (χ3v) is 3.97. The fraction of sp³-hybridized carbons (Fsp3) is 0.571. The normalized spacial score (nSPS) is 13.2. The molecule has 1 atom stereocenters. The number of amides is 2. The van der Waals surface area contributed by atoms with Crippen molar-refractivity contribution in [1.29, 1.82) is 0 Å². The van der Waals surface area contributed by atoms with Crippen LogP contribution in [-0.2, 0) is 9.47 Å². The summed E-state index contributed by atoms with van der Waals surface area (Å²) >= 11 is 3.31. The van der Waals surface area contributed by atoms with Crippen LogP contribution >= 0.6 is 15.9 Å². The van der Waals surface area contributed by atoms with E-state index in [9.17, 15) is 19.1 Å². The van der Waals surface area contributed by atoms with Crippen LogP contribution in [0.2, 0.25) is 0 Å². The van der Waals surface area contributed by atoms with Crippen LogP contribution in [0.3, 0.4) is 0 Å². The van der Waals surface area contributed by atoms with Crippen molar-refractivity contribution in [2.75, 3.05) is 19.8 Å². The largest absolute Gasteiger partial charge is 0.490 e. The second kappa shape index (κ2) is 12.0. The first-order chi connectivity index (χ1) is 14.7. The van der Waals surface area contributed by atoms with Crippen LogP contribution in [0.5, 0.6) is 5.75 Å². The molecule has 180 valence electrons. The minimum absolute atomic E-state index is 0.0805. The van der Waals surface area contributed by atoms with E-state index in [1.54, 1.807) is 59.7 Å². The van der Waals surface area contributed by atoms with Gasteiger partial charge in [-0.25, -0.2) is 14.0 Å². The first kappa shape index (κ1) is 27.6. The number of carbonyl (C=O) groups is 2. The summed E-state index contributed by atoms with van der Waals surface area (Å²) in [5.74, 6) is 0.194. The van der Waals surface area contributed by atoms with Gasteiger partial charge in [-0.15, -0.1) is 4.99 Å². The second-order valence-corrected chi connectivity index (χ2v) is 9.55. The minimum Gasteiger partial charge on any atom is -0.490 e. The number of aliphatic hydroxyl groups excluding tert-OH is 1. The number of alkyl carbamates (subject to hydrolysis) is 1. The van der Waals surface area contributed by atoms with Gasteiger partial charge >= 0.3 is 12.2 Å². The molecule has 11 heteroatoms. The van der Waals surface area contributed by atoms with Gasteiger partial charge in [-0.05, 0) is 75.2 Å². The Kier molecular flexibility index (Phi) is 10.4. The standard InChI is InChI=1S/C21H31BrFN3O6/c1-20(2,3)31-18(28)25-17(26-19(29)32-21(4,5)6)24-12-15(27)13-7-8-16(14(22)11-13)30-10-9-23/h7-8,11,15,27H,9-10,12H2,1-6H3,(H2,24,25,26,28,29). The summed E-state index contributed by atoms with van der Waals surface area (Å²) in [5.41, 5.74) is -1.04. The van der Waals surface area contributed by atoms with E-state index in [1.807, 2.05) is 0 Å². The van der Waals surface area contributed by atoms with Crippen molar-refractivity contribution in [2.45, 2.75) is 58.8 Å². The van der Waals surface area contributed by atoms with E-state index in [4.69, 9.17) is 14.2 Å². The van der Waals surface area contributed by atoms with Crippen LogP contribution in [0.1, 0.15) is 53.2 Å². The zero-order chi connectivity index (χ0) is 24.5. The van der Waals surface area contributed by atoms with Crippen molar-refractivity contribution in [1.82, 2.24) is 10.6 Å². The number of hydrogen-bond acceptors (Lipinski definition) is 6. The number of nitrogens with one attached hydrogen (secondary N) is 2. The summed E-state index contributed by atoms with van der Waals surface area (Å²) in [6.07, 6.45) is -2.80. The average molecular weight is 520 g/mol. The molecule has 0 saturated carbocycles. The Bertz CT molecular complexity index is 821. The number of rotatable bonds is 6. The summed E-state index contributed by atoms with van der Waals surface area (Å²) in [7, 11) is 0. The van der Waals surface area contributed by atoms with E-state index in [2.05, 4.69) is 31.6 Å². The number of guanidine groups is 1. The van der Waals surface area contributed by atoms with Gasteiger partial charge in [0.25, 0.3) is 0 Å². The highest BCUT2D eigenvalue weighted by Crippen LogP contribution is 2.28. The Balaban J connectivity index is 2.90. The predicted octanol–water partition coefficient (Wildman–Crippen LogP) is 4.24. The Morgan fingerprint density at radius 1 is 1.16 bits per heavy atom. The molecule has 0 spiro atoms. The SMILES string of the molecule is CC(C)(C)OC(=O)/N=C(/NCC(O)c1ccc(OCCF)c(Br)c1)NC(=O)OC(C)(C)C. The first-order valence-corrected chi connectivity index (χ1v) is 10.7. The van der Waals surface area contributed by atoms with Crippen molar-refractivity contribution < 1.29 is 33.3 Å². The number of alkyl halides is 1. The Hall–Kier alpha value is -2.40. The van der Waals surface area contributed by atoms with Gasteiger partial charge in [-0.3, -0.25) is 5.32 Å². The maximum atomic E-state index is 12.3. The number of carbonyl (C=O) groups excluding carboxylic acids is 2. The molecule has 1 unspecified atom stereocenters. The lowest BCUT2D eigenvalue weighted by atomic mass is 10.1. The molecule has 0 aliphatic rings. The van der Waals surface area contributed by atoms with E-state index in [0.29, 0.717) is 15.8 Å². The van der Waals surface area contributed by atoms with E-state index >= 15 is 0 Å². The fourth-order valence-electron chi connectivity index (χ4n) is 2.19. The lowest BCUT2D eigenvalue weighted by Gasteiger charge is -2.21. The summed E-state index contributed by atoms with van der Waals surface area (Å²) in [6.45, 7) is 9.29. The van der Waals surface area contributed by atoms with Gasteiger partial charge in [0.15, 0.2) is 0 Å². The molecule has 0 fully saturated rings. The summed E-state index contributed by atoms with van der Waals surface area (Å²) in [4.78, 5) is 27.9. The lowest BCUT2D eigenvalue weighted by molar-refractivity contribution is 0.0559. The Morgan fingerprint density at radius 2 is 1.78 bits per heavy atom. The molecular weight excluding hydrogens is 489 g/mol. The van der Waals surface area contributed by atoms with Crippen LogP contribution in [0, 0.1) is 0 Å². The third kappa shape index (κ3) is 11.3. The number of benzene rings is 1. The number of halogens is 2. The van der Waals surface area contributed by atoms with Crippen molar-refractivity contribution in [3.8, 4) is 5.75 Å². The molecule has 0 saturated heterocycles. The van der Waals surface area contributed by atoms with Crippen LogP contribution in [0.25, 0.3) is 0 Å². The van der Waals surface area contributed by atoms with Gasteiger partial charge in [-0.1, -0.05) is 6.07 Å². The number of hydrogen-bond donors (Lipinski definition) is 3. The molecule has 9 nitrogen and oxygen atoms in total. The summed E-state index contributed by atoms with van der Waals surface area (Å²) in [5, 5.41) is 15.6. The van der Waals surface area contributed by atoms with Gasteiger partial charge in [0.2, 0.25) is 5.96 Å². The number of aliphatic imine (C=N–C) groups is 1. The van der Waals surface area contributed by atoms with E-state index < -0.39 is 36.2 Å². The highest BCUT2D eigenvalue weighted by atomic mass is 79.9. The van der Waals surface area contributed by atoms with Gasteiger partial charge in [-0.2, -0.15) is 0 Å². The molecule has 0 aliphatic heterocycles. The van der Waals surface area contributed by atoms with Crippen LogP contribution < -0.4 is 15.4 Å². The molecular formula is C21H31BrFN3O6. The van der Waals surface area contributed by atoms with E-state index in [-0.39, 0.29) is 19.1 Å². The lowest BCUT2D eigenvalue weighted by Crippen LogP contribution is -2.45. The topological polar surface area (TPSA) is 118 Å². The molecule has 0 aliphatic carbocycles. The quantitative estimate of drug-likeness (QED) is 0.379. The monoisotopic (exact) mass is 519 g/mol. The molecule has 3 N–H and O–H groups in total. The van der Waals surface area contributed by atoms with Gasteiger partial charge < -0.3 is 24.6 Å². The first-order valence-electron chi connectivity index (χ1n) is 9.92. The number of nitrogens with zero attached hydrogens (tertiary/aromatic N) is 1. The number of aliphatic hydroxyl groups is 1. The van der Waals surface area contributed by atoms with Crippen LogP contribution in [0.15, 0.2) is 27.7 Å².